The number of ether oxygens (including phenoxy) is 2. The lowest BCUT2D eigenvalue weighted by atomic mass is 10.1. The molecule has 5 rings (SSSR count). The van der Waals surface area contributed by atoms with E-state index < -0.39 is 0 Å². The number of benzene rings is 3. The minimum absolute atomic E-state index is 0.00833. The SMILES string of the molecule is C=CCc1ccc(OCCCn2c(C3CC(=O)N(c4ccc(Cl)cc4)C3)nc3ccccc32)c(OC)c1. The summed E-state index contributed by atoms with van der Waals surface area (Å²) in [5.41, 5.74) is 4.00. The number of rotatable bonds is 10. The number of para-hydroxylation sites is 2. The Hall–Kier alpha value is -3.77. The average Bonchev–Trinajstić information content (AvgIpc) is 3.48. The van der Waals surface area contributed by atoms with Gasteiger partial charge >= 0.3 is 0 Å². The Morgan fingerprint density at radius 1 is 1.11 bits per heavy atom. The van der Waals surface area contributed by atoms with Crippen molar-refractivity contribution in [1.82, 2.24) is 9.55 Å². The normalized spacial score (nSPS) is 15.4. The van der Waals surface area contributed by atoms with Gasteiger partial charge in [-0.05, 0) is 66.9 Å². The molecule has 6 nitrogen and oxygen atoms in total. The monoisotopic (exact) mass is 515 g/mol. The van der Waals surface area contributed by atoms with Gasteiger partial charge < -0.3 is 18.9 Å². The third-order valence-corrected chi connectivity index (χ3v) is 6.96. The van der Waals surface area contributed by atoms with Crippen LogP contribution >= 0.6 is 11.6 Å². The standard InChI is InChI=1S/C30H30ClN3O3/c1-3-7-21-10-15-27(28(18-21)36-2)37-17-6-16-33-26-9-5-4-8-25(26)32-30(33)22-19-29(35)34(20-22)24-13-11-23(31)12-14-24/h3-5,8-15,18,22H,1,6-7,16-17,19-20H2,2H3. The predicted octanol–water partition coefficient (Wildman–Crippen LogP) is 6.42. The van der Waals surface area contributed by atoms with Gasteiger partial charge in [0, 0.05) is 36.1 Å². The number of carbonyl (C=O) groups excluding carboxylic acids is 1. The number of aromatic nitrogens is 2. The van der Waals surface area contributed by atoms with Crippen molar-refractivity contribution >= 4 is 34.2 Å². The number of aryl methyl sites for hydroxylation is 1. The van der Waals surface area contributed by atoms with Crippen molar-refractivity contribution in [3.63, 3.8) is 0 Å². The molecule has 0 N–H and O–H groups in total. The number of amides is 1. The van der Waals surface area contributed by atoms with Crippen molar-refractivity contribution in [3.05, 3.63) is 95.8 Å². The highest BCUT2D eigenvalue weighted by Gasteiger charge is 2.34. The molecular weight excluding hydrogens is 486 g/mol. The lowest BCUT2D eigenvalue weighted by Crippen LogP contribution is -2.24. The van der Waals surface area contributed by atoms with Crippen molar-refractivity contribution in [2.45, 2.75) is 31.7 Å². The first-order chi connectivity index (χ1) is 18.1. The van der Waals surface area contributed by atoms with Crippen LogP contribution in [0.1, 0.15) is 30.1 Å². The number of nitrogens with zero attached hydrogens (tertiary/aromatic N) is 3. The van der Waals surface area contributed by atoms with E-state index in [9.17, 15) is 4.79 Å². The van der Waals surface area contributed by atoms with E-state index in [4.69, 9.17) is 26.1 Å². The average molecular weight is 516 g/mol. The molecular formula is C30H30ClN3O3. The van der Waals surface area contributed by atoms with Gasteiger partial charge in [-0.3, -0.25) is 4.79 Å². The maximum Gasteiger partial charge on any atom is 0.227 e. The fourth-order valence-electron chi connectivity index (χ4n) is 4.92. The molecule has 1 aromatic heterocycles. The number of halogens is 1. The molecule has 0 aliphatic carbocycles. The first-order valence-electron chi connectivity index (χ1n) is 12.5. The number of anilines is 1. The summed E-state index contributed by atoms with van der Waals surface area (Å²) in [7, 11) is 1.65. The van der Waals surface area contributed by atoms with E-state index in [0.29, 0.717) is 24.6 Å². The number of allylic oxidation sites excluding steroid dienone is 1. The van der Waals surface area contributed by atoms with Gasteiger partial charge in [-0.1, -0.05) is 35.9 Å². The van der Waals surface area contributed by atoms with Crippen molar-refractivity contribution in [2.24, 2.45) is 0 Å². The molecule has 1 fully saturated rings. The summed E-state index contributed by atoms with van der Waals surface area (Å²) in [5, 5.41) is 0.654. The van der Waals surface area contributed by atoms with Gasteiger partial charge in [0.15, 0.2) is 11.5 Å². The summed E-state index contributed by atoms with van der Waals surface area (Å²) in [6.07, 6.45) is 3.87. The second-order valence-electron chi connectivity index (χ2n) is 9.17. The van der Waals surface area contributed by atoms with Crippen LogP contribution in [-0.2, 0) is 17.8 Å². The molecule has 1 amide bonds. The van der Waals surface area contributed by atoms with E-state index in [2.05, 4.69) is 17.2 Å². The maximum atomic E-state index is 12.9. The highest BCUT2D eigenvalue weighted by Crippen LogP contribution is 2.34. The Bertz CT molecular complexity index is 1410. The summed E-state index contributed by atoms with van der Waals surface area (Å²) in [6.45, 7) is 5.65. The Morgan fingerprint density at radius 3 is 2.70 bits per heavy atom. The molecule has 2 heterocycles. The van der Waals surface area contributed by atoms with Crippen LogP contribution < -0.4 is 14.4 Å². The van der Waals surface area contributed by atoms with Gasteiger partial charge in [0.25, 0.3) is 0 Å². The third-order valence-electron chi connectivity index (χ3n) is 6.70. The number of carbonyl (C=O) groups is 1. The lowest BCUT2D eigenvalue weighted by molar-refractivity contribution is -0.117. The van der Waals surface area contributed by atoms with Gasteiger partial charge in [-0.15, -0.1) is 6.58 Å². The minimum atomic E-state index is 0.00833. The highest BCUT2D eigenvalue weighted by molar-refractivity contribution is 6.30. The fourth-order valence-corrected chi connectivity index (χ4v) is 5.05. The van der Waals surface area contributed by atoms with Crippen molar-refractivity contribution < 1.29 is 14.3 Å². The third kappa shape index (κ3) is 5.35. The minimum Gasteiger partial charge on any atom is -0.493 e. The van der Waals surface area contributed by atoms with Gasteiger partial charge in [0.1, 0.15) is 5.82 Å². The first-order valence-corrected chi connectivity index (χ1v) is 12.9. The largest absolute Gasteiger partial charge is 0.493 e. The van der Waals surface area contributed by atoms with Gasteiger partial charge in [0.05, 0.1) is 24.8 Å². The van der Waals surface area contributed by atoms with E-state index >= 15 is 0 Å². The molecule has 190 valence electrons. The van der Waals surface area contributed by atoms with Crippen LogP contribution in [0.3, 0.4) is 0 Å². The predicted molar refractivity (Wildman–Crippen MR) is 148 cm³/mol. The van der Waals surface area contributed by atoms with Crippen LogP contribution in [-0.4, -0.2) is 35.7 Å². The molecule has 4 aromatic rings. The van der Waals surface area contributed by atoms with Crippen molar-refractivity contribution in [2.75, 3.05) is 25.2 Å². The quantitative estimate of drug-likeness (QED) is 0.181. The number of imidazole rings is 1. The van der Waals surface area contributed by atoms with E-state index in [1.165, 1.54) is 0 Å². The van der Waals surface area contributed by atoms with Gasteiger partial charge in [0.2, 0.25) is 5.91 Å². The van der Waals surface area contributed by atoms with E-state index in [-0.39, 0.29) is 11.8 Å². The van der Waals surface area contributed by atoms with Crippen LogP contribution in [0, 0.1) is 0 Å². The van der Waals surface area contributed by atoms with E-state index in [1.54, 1.807) is 7.11 Å². The molecule has 1 aliphatic heterocycles. The van der Waals surface area contributed by atoms with Crippen molar-refractivity contribution in [3.8, 4) is 11.5 Å². The van der Waals surface area contributed by atoms with Crippen LogP contribution in [0.15, 0.2) is 79.4 Å². The van der Waals surface area contributed by atoms with E-state index in [1.807, 2.05) is 71.6 Å². The fraction of sp³-hybridized carbons (Fsp3) is 0.267. The number of hydrogen-bond acceptors (Lipinski definition) is 4. The molecule has 0 spiro atoms. The van der Waals surface area contributed by atoms with Crippen LogP contribution in [0.5, 0.6) is 11.5 Å². The zero-order valence-corrected chi connectivity index (χ0v) is 21.7. The summed E-state index contributed by atoms with van der Waals surface area (Å²) in [6, 6.07) is 21.5. The summed E-state index contributed by atoms with van der Waals surface area (Å²) < 4.78 is 13.8. The molecule has 1 aliphatic rings. The summed E-state index contributed by atoms with van der Waals surface area (Å²) >= 11 is 6.04. The van der Waals surface area contributed by atoms with Gasteiger partial charge in [-0.2, -0.15) is 0 Å². The summed E-state index contributed by atoms with van der Waals surface area (Å²) in [4.78, 5) is 19.7. The smallest absolute Gasteiger partial charge is 0.227 e. The van der Waals surface area contributed by atoms with Crippen LogP contribution in [0.4, 0.5) is 5.69 Å². The molecule has 3 aromatic carbocycles. The summed E-state index contributed by atoms with van der Waals surface area (Å²) in [5.74, 6) is 2.50. The van der Waals surface area contributed by atoms with Crippen molar-refractivity contribution in [1.29, 1.82) is 0 Å². The molecule has 0 bridgehead atoms. The maximum absolute atomic E-state index is 12.9. The number of hydrogen-bond donors (Lipinski definition) is 0. The zero-order chi connectivity index (χ0) is 25.8. The van der Waals surface area contributed by atoms with Crippen LogP contribution in [0.2, 0.25) is 5.02 Å². The Balaban J connectivity index is 1.31. The van der Waals surface area contributed by atoms with E-state index in [0.717, 1.165) is 59.0 Å². The second-order valence-corrected chi connectivity index (χ2v) is 9.61. The molecule has 0 radical (unpaired) electrons. The lowest BCUT2D eigenvalue weighted by Gasteiger charge is -2.18. The molecule has 1 saturated heterocycles. The Morgan fingerprint density at radius 2 is 1.92 bits per heavy atom. The number of methoxy groups -OCH3 is 1. The Kier molecular flexibility index (Phi) is 7.47. The molecule has 7 heteroatoms. The Labute approximate surface area is 222 Å². The molecule has 1 unspecified atom stereocenters. The number of fused-ring (bicyclic) bond motifs is 1. The topological polar surface area (TPSA) is 56.6 Å². The molecule has 37 heavy (non-hydrogen) atoms. The molecule has 0 saturated carbocycles. The van der Waals surface area contributed by atoms with Crippen LogP contribution in [0.25, 0.3) is 11.0 Å². The zero-order valence-electron chi connectivity index (χ0n) is 20.9. The molecule has 1 atom stereocenters. The first kappa shape index (κ1) is 24.9. The van der Waals surface area contributed by atoms with Gasteiger partial charge in [-0.25, -0.2) is 4.98 Å². The highest BCUT2D eigenvalue weighted by atomic mass is 35.5. The second kappa shape index (κ2) is 11.1.